The number of nitriles is 1. The van der Waals surface area contributed by atoms with Gasteiger partial charge in [0.15, 0.2) is 0 Å². The smallest absolute Gasteiger partial charge is 0.231 e. The van der Waals surface area contributed by atoms with Crippen molar-refractivity contribution < 1.29 is 9.90 Å². The van der Waals surface area contributed by atoms with Crippen LogP contribution >= 0.6 is 11.8 Å². The molecule has 1 saturated carbocycles. The maximum absolute atomic E-state index is 11.7. The van der Waals surface area contributed by atoms with Gasteiger partial charge in [0.1, 0.15) is 5.54 Å². The van der Waals surface area contributed by atoms with Gasteiger partial charge in [-0.25, -0.2) is 0 Å². The maximum atomic E-state index is 11.7. The molecule has 5 heteroatoms. The normalized spacial score (nSPS) is 20.1. The third kappa shape index (κ3) is 4.57. The predicted molar refractivity (Wildman–Crippen MR) is 68.5 cm³/mol. The number of rotatable bonds is 7. The molecule has 1 fully saturated rings. The fraction of sp³-hybridized carbons (Fsp3) is 0.833. The van der Waals surface area contributed by atoms with E-state index in [0.29, 0.717) is 11.7 Å². The highest BCUT2D eigenvalue weighted by Crippen LogP contribution is 2.39. The molecule has 1 amide bonds. The number of aliphatic hydroxyl groups excluding tert-OH is 1. The van der Waals surface area contributed by atoms with E-state index in [4.69, 9.17) is 10.4 Å². The molecule has 0 aromatic rings. The highest BCUT2D eigenvalue weighted by atomic mass is 32.2. The minimum Gasteiger partial charge on any atom is -0.396 e. The van der Waals surface area contributed by atoms with Crippen molar-refractivity contribution in [2.24, 2.45) is 11.8 Å². The number of hydrogen-bond donors (Lipinski definition) is 2. The Hall–Kier alpha value is -0.730. The molecule has 0 saturated heterocycles. The highest BCUT2D eigenvalue weighted by Gasteiger charge is 2.42. The quantitative estimate of drug-likeness (QED) is 0.717. The minimum atomic E-state index is -0.694. The molecule has 0 bridgehead atoms. The summed E-state index contributed by atoms with van der Waals surface area (Å²) in [5.74, 6) is 1.55. The van der Waals surface area contributed by atoms with Gasteiger partial charge in [0.2, 0.25) is 5.91 Å². The lowest BCUT2D eigenvalue weighted by atomic mass is 9.98. The second-order valence-electron chi connectivity index (χ2n) is 4.94. The third-order valence-electron chi connectivity index (χ3n) is 2.97. The average Bonchev–Trinajstić information content (AvgIpc) is 3.12. The molecule has 2 N–H and O–H groups in total. The first-order chi connectivity index (χ1) is 8.01. The standard InChI is InChI=1S/C12H20N2O2S/c1-9(5-15)6-17-7-11(16)14-12(2,8-13)10-3-4-10/h9-10,15H,3-7H2,1-2H3,(H,14,16). The van der Waals surface area contributed by atoms with Crippen LogP contribution in [0.5, 0.6) is 0 Å². The van der Waals surface area contributed by atoms with Crippen molar-refractivity contribution in [2.45, 2.75) is 32.2 Å². The topological polar surface area (TPSA) is 73.1 Å². The molecule has 17 heavy (non-hydrogen) atoms. The fourth-order valence-electron chi connectivity index (χ4n) is 1.61. The fourth-order valence-corrected chi connectivity index (χ4v) is 2.50. The minimum absolute atomic E-state index is 0.0870. The molecule has 0 aromatic heterocycles. The second kappa shape index (κ2) is 6.27. The van der Waals surface area contributed by atoms with E-state index < -0.39 is 5.54 Å². The van der Waals surface area contributed by atoms with Crippen molar-refractivity contribution in [1.29, 1.82) is 5.26 Å². The SMILES string of the molecule is CC(CO)CSCC(=O)NC(C)(C#N)C1CC1. The number of nitrogens with one attached hydrogen (secondary N) is 1. The zero-order chi connectivity index (χ0) is 12.9. The lowest BCUT2D eigenvalue weighted by Crippen LogP contribution is -2.47. The number of carbonyl (C=O) groups is 1. The molecule has 2 unspecified atom stereocenters. The Morgan fingerprint density at radius 3 is 2.82 bits per heavy atom. The molecular formula is C12H20N2O2S. The molecule has 0 aliphatic heterocycles. The largest absolute Gasteiger partial charge is 0.396 e. The van der Waals surface area contributed by atoms with Gasteiger partial charge in [0.05, 0.1) is 11.8 Å². The van der Waals surface area contributed by atoms with Crippen LogP contribution in [0.1, 0.15) is 26.7 Å². The van der Waals surface area contributed by atoms with Crippen molar-refractivity contribution in [1.82, 2.24) is 5.32 Å². The Morgan fingerprint density at radius 1 is 1.71 bits per heavy atom. The zero-order valence-electron chi connectivity index (χ0n) is 10.4. The number of amides is 1. The summed E-state index contributed by atoms with van der Waals surface area (Å²) in [5.41, 5.74) is -0.694. The molecule has 1 aliphatic rings. The van der Waals surface area contributed by atoms with E-state index in [2.05, 4.69) is 11.4 Å². The zero-order valence-corrected chi connectivity index (χ0v) is 11.2. The molecule has 0 aromatic carbocycles. The van der Waals surface area contributed by atoms with E-state index in [1.165, 1.54) is 11.8 Å². The second-order valence-corrected chi connectivity index (χ2v) is 5.97. The van der Waals surface area contributed by atoms with Crippen molar-refractivity contribution in [3.8, 4) is 6.07 Å². The van der Waals surface area contributed by atoms with Crippen molar-refractivity contribution >= 4 is 17.7 Å². The molecule has 0 spiro atoms. The molecule has 0 radical (unpaired) electrons. The Kier molecular flexibility index (Phi) is 5.29. The van der Waals surface area contributed by atoms with Gasteiger partial charge in [-0.1, -0.05) is 6.92 Å². The van der Waals surface area contributed by atoms with Crippen LogP contribution in [0.25, 0.3) is 0 Å². The Morgan fingerprint density at radius 2 is 2.35 bits per heavy atom. The Balaban J connectivity index is 2.27. The van der Waals surface area contributed by atoms with Crippen LogP contribution in [0.15, 0.2) is 0 Å². The van der Waals surface area contributed by atoms with Gasteiger partial charge in [-0.2, -0.15) is 17.0 Å². The summed E-state index contributed by atoms with van der Waals surface area (Å²) in [7, 11) is 0. The van der Waals surface area contributed by atoms with Crippen LogP contribution < -0.4 is 5.32 Å². The van der Waals surface area contributed by atoms with Gasteiger partial charge in [-0.3, -0.25) is 4.79 Å². The summed E-state index contributed by atoms with van der Waals surface area (Å²) >= 11 is 1.50. The number of nitrogens with zero attached hydrogens (tertiary/aromatic N) is 1. The van der Waals surface area contributed by atoms with E-state index in [1.54, 1.807) is 6.92 Å². The van der Waals surface area contributed by atoms with E-state index in [9.17, 15) is 4.79 Å². The Bertz CT molecular complexity index is 312. The van der Waals surface area contributed by atoms with E-state index in [-0.39, 0.29) is 18.4 Å². The van der Waals surface area contributed by atoms with E-state index >= 15 is 0 Å². The van der Waals surface area contributed by atoms with Crippen LogP contribution in [0, 0.1) is 23.2 Å². The van der Waals surface area contributed by atoms with Crippen LogP contribution in [-0.2, 0) is 4.79 Å². The first-order valence-electron chi connectivity index (χ1n) is 5.92. The number of thioether (sulfide) groups is 1. The summed E-state index contributed by atoms with van der Waals surface area (Å²) in [6, 6.07) is 2.20. The van der Waals surface area contributed by atoms with E-state index in [1.807, 2.05) is 6.92 Å². The number of carbonyl (C=O) groups excluding carboxylic acids is 1. The maximum Gasteiger partial charge on any atom is 0.231 e. The molecule has 96 valence electrons. The monoisotopic (exact) mass is 256 g/mol. The van der Waals surface area contributed by atoms with Gasteiger partial charge in [-0.15, -0.1) is 0 Å². The lowest BCUT2D eigenvalue weighted by Gasteiger charge is -2.22. The van der Waals surface area contributed by atoms with Gasteiger partial charge in [0, 0.05) is 6.61 Å². The summed E-state index contributed by atoms with van der Waals surface area (Å²) in [6.45, 7) is 3.88. The van der Waals surface area contributed by atoms with Crippen LogP contribution in [0.4, 0.5) is 0 Å². The van der Waals surface area contributed by atoms with Gasteiger partial charge in [-0.05, 0) is 37.4 Å². The first-order valence-corrected chi connectivity index (χ1v) is 7.08. The lowest BCUT2D eigenvalue weighted by molar-refractivity contribution is -0.119. The molecule has 2 atom stereocenters. The van der Waals surface area contributed by atoms with Crippen molar-refractivity contribution in [2.75, 3.05) is 18.1 Å². The molecule has 1 rings (SSSR count). The molecular weight excluding hydrogens is 236 g/mol. The van der Waals surface area contributed by atoms with Crippen LogP contribution in [-0.4, -0.2) is 34.7 Å². The van der Waals surface area contributed by atoms with Gasteiger partial charge in [0.25, 0.3) is 0 Å². The molecule has 4 nitrogen and oxygen atoms in total. The predicted octanol–water partition coefficient (Wildman–Crippen LogP) is 1.16. The highest BCUT2D eigenvalue weighted by molar-refractivity contribution is 7.99. The first kappa shape index (κ1) is 14.3. The van der Waals surface area contributed by atoms with Gasteiger partial charge >= 0.3 is 0 Å². The summed E-state index contributed by atoms with van der Waals surface area (Å²) in [4.78, 5) is 11.7. The van der Waals surface area contributed by atoms with Gasteiger partial charge < -0.3 is 10.4 Å². The third-order valence-corrected chi connectivity index (χ3v) is 4.24. The summed E-state index contributed by atoms with van der Waals surface area (Å²) in [6.07, 6.45) is 2.05. The van der Waals surface area contributed by atoms with Crippen molar-refractivity contribution in [3.05, 3.63) is 0 Å². The molecule has 0 heterocycles. The number of aliphatic hydroxyl groups is 1. The Labute approximate surface area is 107 Å². The summed E-state index contributed by atoms with van der Waals surface area (Å²) < 4.78 is 0. The molecule has 1 aliphatic carbocycles. The van der Waals surface area contributed by atoms with Crippen LogP contribution in [0.2, 0.25) is 0 Å². The average molecular weight is 256 g/mol. The van der Waals surface area contributed by atoms with E-state index in [0.717, 1.165) is 18.6 Å². The van der Waals surface area contributed by atoms with Crippen LogP contribution in [0.3, 0.4) is 0 Å². The summed E-state index contributed by atoms with van der Waals surface area (Å²) in [5, 5.41) is 20.8. The number of hydrogen-bond acceptors (Lipinski definition) is 4. The van der Waals surface area contributed by atoms with Crippen molar-refractivity contribution in [3.63, 3.8) is 0 Å².